The van der Waals surface area contributed by atoms with E-state index in [0.29, 0.717) is 10.8 Å². The average molecular weight is 256 g/mol. The highest BCUT2D eigenvalue weighted by atomic mass is 32.2. The van der Waals surface area contributed by atoms with E-state index in [9.17, 15) is 0 Å². The van der Waals surface area contributed by atoms with Crippen LogP contribution in [0.3, 0.4) is 0 Å². The van der Waals surface area contributed by atoms with Crippen LogP contribution < -0.4 is 11.3 Å². The van der Waals surface area contributed by atoms with Crippen LogP contribution in [-0.2, 0) is 0 Å². The fourth-order valence-corrected chi connectivity index (χ4v) is 3.73. The van der Waals surface area contributed by atoms with Crippen LogP contribution in [0.15, 0.2) is 4.99 Å². The predicted octanol–water partition coefficient (Wildman–Crippen LogP) is 1.58. The molecule has 1 saturated heterocycles. The number of nitrogens with two attached hydrogens (primary N) is 1. The molecule has 98 valence electrons. The highest BCUT2D eigenvalue weighted by molar-refractivity contribution is 8.00. The summed E-state index contributed by atoms with van der Waals surface area (Å²) < 4.78 is 0.297. The Morgan fingerprint density at radius 1 is 1.41 bits per heavy atom. The minimum absolute atomic E-state index is 0.297. The summed E-state index contributed by atoms with van der Waals surface area (Å²) in [5.41, 5.74) is 2.80. The number of hydrazine groups is 1. The molecule has 1 aliphatic carbocycles. The van der Waals surface area contributed by atoms with Crippen LogP contribution in [-0.4, -0.2) is 40.5 Å². The Balaban J connectivity index is 2.01. The highest BCUT2D eigenvalue weighted by Crippen LogP contribution is 2.29. The highest BCUT2D eigenvalue weighted by Gasteiger charge is 2.29. The molecule has 2 fully saturated rings. The molecule has 0 aromatic rings. The summed E-state index contributed by atoms with van der Waals surface area (Å²) >= 11 is 2.03. The monoisotopic (exact) mass is 256 g/mol. The van der Waals surface area contributed by atoms with Gasteiger partial charge in [-0.15, -0.1) is 0 Å². The lowest BCUT2D eigenvalue weighted by Crippen LogP contribution is -2.53. The number of nitrogens with zero attached hydrogens (tertiary/aromatic N) is 2. The van der Waals surface area contributed by atoms with Gasteiger partial charge in [0, 0.05) is 23.6 Å². The lowest BCUT2D eigenvalue weighted by molar-refractivity contribution is 0.373. The second-order valence-electron chi connectivity index (χ2n) is 5.57. The molecule has 0 aromatic heterocycles. The minimum Gasteiger partial charge on any atom is -0.340 e. The first-order valence-electron chi connectivity index (χ1n) is 6.54. The van der Waals surface area contributed by atoms with E-state index in [1.807, 2.05) is 11.8 Å². The molecule has 2 rings (SSSR count). The maximum atomic E-state index is 5.64. The molecule has 0 aromatic carbocycles. The average Bonchev–Trinajstić information content (AvgIpc) is 2.77. The van der Waals surface area contributed by atoms with E-state index >= 15 is 0 Å². The normalized spacial score (nSPS) is 26.3. The number of guanidine groups is 1. The third kappa shape index (κ3) is 3.52. The molecule has 0 radical (unpaired) electrons. The maximum Gasteiger partial charge on any atom is 0.208 e. The first-order chi connectivity index (χ1) is 8.11. The predicted molar refractivity (Wildman–Crippen MR) is 75.1 cm³/mol. The summed E-state index contributed by atoms with van der Waals surface area (Å²) in [6.45, 7) is 6.64. The molecule has 1 aliphatic heterocycles. The van der Waals surface area contributed by atoms with Crippen molar-refractivity contribution in [2.24, 2.45) is 10.8 Å². The molecule has 1 heterocycles. The minimum atomic E-state index is 0.297. The number of aliphatic imine (C=N–C) groups is 1. The number of rotatable bonds is 1. The van der Waals surface area contributed by atoms with Crippen LogP contribution in [0.25, 0.3) is 0 Å². The number of hydrogen-bond donors (Lipinski definition) is 2. The molecule has 4 nitrogen and oxygen atoms in total. The molecule has 0 amide bonds. The first-order valence-corrected chi connectivity index (χ1v) is 7.52. The Kier molecular flexibility index (Phi) is 4.20. The van der Waals surface area contributed by atoms with Crippen LogP contribution in [0, 0.1) is 0 Å². The molecular formula is C12H24N4S. The van der Waals surface area contributed by atoms with Crippen LogP contribution in [0.4, 0.5) is 0 Å². The van der Waals surface area contributed by atoms with E-state index in [4.69, 9.17) is 10.8 Å². The molecule has 0 atom stereocenters. The third-order valence-corrected chi connectivity index (χ3v) is 4.78. The van der Waals surface area contributed by atoms with Crippen LogP contribution in [0.1, 0.15) is 39.5 Å². The molecule has 1 saturated carbocycles. The SMILES string of the molecule is CC1(C)CN(C(=NC2CCCC2)NN)CCS1. The van der Waals surface area contributed by atoms with Crippen molar-refractivity contribution in [3.63, 3.8) is 0 Å². The summed E-state index contributed by atoms with van der Waals surface area (Å²) in [6.07, 6.45) is 5.06. The zero-order chi connectivity index (χ0) is 12.3. The Bertz CT molecular complexity index is 284. The van der Waals surface area contributed by atoms with Gasteiger partial charge in [0.2, 0.25) is 5.96 Å². The van der Waals surface area contributed by atoms with E-state index in [1.165, 1.54) is 25.7 Å². The van der Waals surface area contributed by atoms with Gasteiger partial charge in [-0.05, 0) is 26.7 Å². The Hall–Kier alpha value is -0.420. The van der Waals surface area contributed by atoms with Gasteiger partial charge < -0.3 is 4.90 Å². The van der Waals surface area contributed by atoms with Crippen LogP contribution >= 0.6 is 11.8 Å². The standard InChI is InChI=1S/C12H24N4S/c1-12(2)9-16(7-8-17-12)11(15-13)14-10-5-3-4-6-10/h10H,3-9,13H2,1-2H3,(H,14,15). The van der Waals surface area contributed by atoms with Crippen molar-refractivity contribution in [2.45, 2.75) is 50.3 Å². The number of nitrogens with one attached hydrogen (secondary N) is 1. The van der Waals surface area contributed by atoms with Gasteiger partial charge >= 0.3 is 0 Å². The fourth-order valence-electron chi connectivity index (χ4n) is 2.61. The molecule has 0 unspecified atom stereocenters. The molecule has 17 heavy (non-hydrogen) atoms. The summed E-state index contributed by atoms with van der Waals surface area (Å²) in [6, 6.07) is 0.485. The largest absolute Gasteiger partial charge is 0.340 e. The topological polar surface area (TPSA) is 53.6 Å². The summed E-state index contributed by atoms with van der Waals surface area (Å²) in [7, 11) is 0. The van der Waals surface area contributed by atoms with E-state index in [0.717, 1.165) is 24.8 Å². The summed E-state index contributed by atoms with van der Waals surface area (Å²) in [4.78, 5) is 7.08. The number of thioether (sulfide) groups is 1. The quantitative estimate of drug-likeness (QED) is 0.324. The zero-order valence-corrected chi connectivity index (χ0v) is 11.7. The molecule has 0 bridgehead atoms. The third-order valence-electron chi connectivity index (χ3n) is 3.48. The van der Waals surface area contributed by atoms with Gasteiger partial charge in [0.25, 0.3) is 0 Å². The Morgan fingerprint density at radius 2 is 2.12 bits per heavy atom. The van der Waals surface area contributed by atoms with E-state index in [1.54, 1.807) is 0 Å². The van der Waals surface area contributed by atoms with Crippen molar-refractivity contribution in [3.05, 3.63) is 0 Å². The van der Waals surface area contributed by atoms with Gasteiger partial charge in [-0.25, -0.2) is 10.8 Å². The molecular weight excluding hydrogens is 232 g/mol. The van der Waals surface area contributed by atoms with Crippen molar-refractivity contribution < 1.29 is 0 Å². The smallest absolute Gasteiger partial charge is 0.208 e. The molecule has 3 N–H and O–H groups in total. The van der Waals surface area contributed by atoms with Crippen LogP contribution in [0.2, 0.25) is 0 Å². The second-order valence-corrected chi connectivity index (χ2v) is 7.37. The van der Waals surface area contributed by atoms with Crippen molar-refractivity contribution in [1.82, 2.24) is 10.3 Å². The zero-order valence-electron chi connectivity index (χ0n) is 10.9. The van der Waals surface area contributed by atoms with Gasteiger partial charge in [-0.2, -0.15) is 11.8 Å². The van der Waals surface area contributed by atoms with E-state index < -0.39 is 0 Å². The Labute approximate surface area is 108 Å². The van der Waals surface area contributed by atoms with Crippen LogP contribution in [0.5, 0.6) is 0 Å². The van der Waals surface area contributed by atoms with Crippen molar-refractivity contribution in [3.8, 4) is 0 Å². The van der Waals surface area contributed by atoms with E-state index in [2.05, 4.69) is 24.2 Å². The van der Waals surface area contributed by atoms with E-state index in [-0.39, 0.29) is 0 Å². The lowest BCUT2D eigenvalue weighted by Gasteiger charge is -2.39. The molecule has 2 aliphatic rings. The lowest BCUT2D eigenvalue weighted by atomic mass is 10.2. The van der Waals surface area contributed by atoms with Gasteiger partial charge in [0.05, 0.1) is 6.04 Å². The van der Waals surface area contributed by atoms with Crippen molar-refractivity contribution in [2.75, 3.05) is 18.8 Å². The maximum absolute atomic E-state index is 5.64. The van der Waals surface area contributed by atoms with Crippen molar-refractivity contribution in [1.29, 1.82) is 0 Å². The van der Waals surface area contributed by atoms with Gasteiger partial charge in [0.15, 0.2) is 0 Å². The van der Waals surface area contributed by atoms with Gasteiger partial charge in [0.1, 0.15) is 0 Å². The Morgan fingerprint density at radius 3 is 2.71 bits per heavy atom. The fraction of sp³-hybridized carbons (Fsp3) is 0.917. The summed E-state index contributed by atoms with van der Waals surface area (Å²) in [5, 5.41) is 0. The second kappa shape index (κ2) is 5.48. The first kappa shape index (κ1) is 13.0. The number of hydrogen-bond acceptors (Lipinski definition) is 3. The molecule has 0 spiro atoms. The summed E-state index contributed by atoms with van der Waals surface area (Å²) in [5.74, 6) is 7.69. The van der Waals surface area contributed by atoms with Gasteiger partial charge in [-0.3, -0.25) is 5.43 Å². The van der Waals surface area contributed by atoms with Crippen molar-refractivity contribution >= 4 is 17.7 Å². The molecule has 5 heteroatoms. The van der Waals surface area contributed by atoms with Gasteiger partial charge in [-0.1, -0.05) is 12.8 Å².